The van der Waals surface area contributed by atoms with E-state index in [0.29, 0.717) is 19.1 Å². The third-order valence-corrected chi connectivity index (χ3v) is 2.76. The van der Waals surface area contributed by atoms with Crippen LogP contribution in [0.2, 0.25) is 0 Å². The molecule has 1 aliphatic rings. The third kappa shape index (κ3) is 3.96. The van der Waals surface area contributed by atoms with Crippen molar-refractivity contribution in [1.29, 1.82) is 0 Å². The van der Waals surface area contributed by atoms with Crippen LogP contribution in [0.1, 0.15) is 19.3 Å². The molecule has 0 aromatic carbocycles. The van der Waals surface area contributed by atoms with Gasteiger partial charge in [0.05, 0.1) is 0 Å². The van der Waals surface area contributed by atoms with Gasteiger partial charge in [-0.2, -0.15) is 0 Å². The molecule has 1 saturated heterocycles. The van der Waals surface area contributed by atoms with Crippen molar-refractivity contribution in [3.05, 3.63) is 10.4 Å². The summed E-state index contributed by atoms with van der Waals surface area (Å²) >= 11 is 0. The molecular formula is C9H18N4O. The normalized spacial score (nSPS) is 19.2. The summed E-state index contributed by atoms with van der Waals surface area (Å²) in [5, 5.41) is 12.5. The molecule has 0 atom stereocenters. The lowest BCUT2D eigenvalue weighted by Crippen LogP contribution is -2.35. The minimum Gasteiger partial charge on any atom is -0.396 e. The molecule has 1 rings (SSSR count). The predicted octanol–water partition coefficient (Wildman–Crippen LogP) is 1.39. The molecule has 0 bridgehead atoms. The van der Waals surface area contributed by atoms with Crippen LogP contribution in [0.25, 0.3) is 10.4 Å². The number of nitrogens with zero attached hydrogens (tertiary/aromatic N) is 4. The number of piperidine rings is 1. The van der Waals surface area contributed by atoms with E-state index in [2.05, 4.69) is 14.9 Å². The first-order valence-corrected chi connectivity index (χ1v) is 5.21. The maximum atomic E-state index is 8.95. The molecular weight excluding hydrogens is 180 g/mol. The minimum absolute atomic E-state index is 0.326. The van der Waals surface area contributed by atoms with Gasteiger partial charge in [-0.3, -0.25) is 0 Å². The van der Waals surface area contributed by atoms with E-state index in [1.165, 1.54) is 0 Å². The Morgan fingerprint density at radius 1 is 1.43 bits per heavy atom. The van der Waals surface area contributed by atoms with Crippen LogP contribution in [0.5, 0.6) is 0 Å². The Hall–Kier alpha value is -0.770. The van der Waals surface area contributed by atoms with Gasteiger partial charge in [-0.25, -0.2) is 0 Å². The molecule has 80 valence electrons. The number of hydrogen-bond donors (Lipinski definition) is 1. The molecule has 1 N–H and O–H groups in total. The summed E-state index contributed by atoms with van der Waals surface area (Å²) in [6.07, 6.45) is 3.13. The fraction of sp³-hybridized carbons (Fsp3) is 1.00. The highest BCUT2D eigenvalue weighted by molar-refractivity contribution is 4.71. The van der Waals surface area contributed by atoms with Gasteiger partial charge in [0, 0.05) is 18.1 Å². The van der Waals surface area contributed by atoms with Crippen LogP contribution in [-0.4, -0.2) is 42.8 Å². The zero-order chi connectivity index (χ0) is 10.2. The highest BCUT2D eigenvalue weighted by Crippen LogP contribution is 2.16. The van der Waals surface area contributed by atoms with E-state index in [0.717, 1.165) is 38.9 Å². The van der Waals surface area contributed by atoms with Crippen molar-refractivity contribution in [3.8, 4) is 0 Å². The topological polar surface area (TPSA) is 72.2 Å². The second kappa shape index (κ2) is 6.65. The maximum absolute atomic E-state index is 8.95. The first-order chi connectivity index (χ1) is 6.86. The highest BCUT2D eigenvalue weighted by Gasteiger charge is 2.17. The van der Waals surface area contributed by atoms with Gasteiger partial charge in [0.1, 0.15) is 0 Å². The molecule has 0 unspecified atom stereocenters. The van der Waals surface area contributed by atoms with Crippen molar-refractivity contribution in [2.45, 2.75) is 19.3 Å². The average molecular weight is 198 g/mol. The smallest absolute Gasteiger partial charge is 0.0460 e. The summed E-state index contributed by atoms with van der Waals surface area (Å²) in [5.74, 6) is 0.503. The van der Waals surface area contributed by atoms with Crippen molar-refractivity contribution in [2.75, 3.05) is 32.8 Å². The number of aliphatic hydroxyl groups excluding tert-OH is 1. The summed E-state index contributed by atoms with van der Waals surface area (Å²) < 4.78 is 0. The van der Waals surface area contributed by atoms with E-state index >= 15 is 0 Å². The SMILES string of the molecule is [N-]=[N+]=NCCCN1CCC(CO)CC1. The Kier molecular flexibility index (Phi) is 5.37. The second-order valence-electron chi connectivity index (χ2n) is 3.78. The molecule has 5 nitrogen and oxygen atoms in total. The molecule has 0 amide bonds. The largest absolute Gasteiger partial charge is 0.396 e. The van der Waals surface area contributed by atoms with Crippen LogP contribution in [0.3, 0.4) is 0 Å². The molecule has 1 aliphatic heterocycles. The van der Waals surface area contributed by atoms with Gasteiger partial charge >= 0.3 is 0 Å². The summed E-state index contributed by atoms with van der Waals surface area (Å²) in [6, 6.07) is 0. The van der Waals surface area contributed by atoms with Crippen LogP contribution in [-0.2, 0) is 0 Å². The zero-order valence-electron chi connectivity index (χ0n) is 8.47. The number of likely N-dealkylation sites (tertiary alicyclic amines) is 1. The predicted molar refractivity (Wildman–Crippen MR) is 54.9 cm³/mol. The van der Waals surface area contributed by atoms with Crippen molar-refractivity contribution in [1.82, 2.24) is 4.90 Å². The van der Waals surface area contributed by atoms with Crippen molar-refractivity contribution in [3.63, 3.8) is 0 Å². The molecule has 0 aliphatic carbocycles. The molecule has 0 aromatic heterocycles. The number of azide groups is 1. The monoisotopic (exact) mass is 198 g/mol. The molecule has 1 fully saturated rings. The van der Waals surface area contributed by atoms with E-state index in [1.54, 1.807) is 0 Å². The standard InChI is InChI=1S/C9H18N4O/c10-12-11-4-1-5-13-6-2-9(8-14)3-7-13/h9,14H,1-8H2. The van der Waals surface area contributed by atoms with Crippen LogP contribution < -0.4 is 0 Å². The first kappa shape index (κ1) is 11.3. The Labute approximate surface area is 84.3 Å². The zero-order valence-corrected chi connectivity index (χ0v) is 8.47. The van der Waals surface area contributed by atoms with E-state index in [1.807, 2.05) is 0 Å². The number of aliphatic hydroxyl groups is 1. The summed E-state index contributed by atoms with van der Waals surface area (Å²) in [7, 11) is 0. The van der Waals surface area contributed by atoms with Gasteiger partial charge in [-0.1, -0.05) is 5.11 Å². The molecule has 0 radical (unpaired) electrons. The van der Waals surface area contributed by atoms with E-state index in [-0.39, 0.29) is 0 Å². The lowest BCUT2D eigenvalue weighted by atomic mass is 9.98. The highest BCUT2D eigenvalue weighted by atomic mass is 16.3. The van der Waals surface area contributed by atoms with Gasteiger partial charge in [0.15, 0.2) is 0 Å². The van der Waals surface area contributed by atoms with Crippen molar-refractivity contribution in [2.24, 2.45) is 11.0 Å². The molecule has 5 heteroatoms. The molecule has 0 aromatic rings. The first-order valence-electron chi connectivity index (χ1n) is 5.21. The van der Waals surface area contributed by atoms with Gasteiger partial charge < -0.3 is 10.0 Å². The van der Waals surface area contributed by atoms with Crippen LogP contribution in [0, 0.1) is 5.92 Å². The van der Waals surface area contributed by atoms with Gasteiger partial charge in [-0.15, -0.1) is 0 Å². The van der Waals surface area contributed by atoms with E-state index in [4.69, 9.17) is 10.6 Å². The molecule has 1 heterocycles. The van der Waals surface area contributed by atoms with Crippen molar-refractivity contribution >= 4 is 0 Å². The Morgan fingerprint density at radius 2 is 2.14 bits per heavy atom. The Bertz CT molecular complexity index is 195. The van der Waals surface area contributed by atoms with Crippen LogP contribution >= 0.6 is 0 Å². The summed E-state index contributed by atoms with van der Waals surface area (Å²) in [4.78, 5) is 5.09. The van der Waals surface area contributed by atoms with Crippen LogP contribution in [0.15, 0.2) is 5.11 Å². The lowest BCUT2D eigenvalue weighted by molar-refractivity contribution is 0.131. The fourth-order valence-corrected chi connectivity index (χ4v) is 1.80. The van der Waals surface area contributed by atoms with E-state index in [9.17, 15) is 0 Å². The van der Waals surface area contributed by atoms with Gasteiger partial charge in [-0.05, 0) is 50.3 Å². The van der Waals surface area contributed by atoms with Gasteiger partial charge in [0.2, 0.25) is 0 Å². The van der Waals surface area contributed by atoms with E-state index < -0.39 is 0 Å². The van der Waals surface area contributed by atoms with Crippen LogP contribution in [0.4, 0.5) is 0 Å². The summed E-state index contributed by atoms with van der Waals surface area (Å²) in [5.41, 5.74) is 8.09. The lowest BCUT2D eigenvalue weighted by Gasteiger charge is -2.30. The minimum atomic E-state index is 0.326. The summed E-state index contributed by atoms with van der Waals surface area (Å²) in [6.45, 7) is 4.07. The van der Waals surface area contributed by atoms with Gasteiger partial charge in [0.25, 0.3) is 0 Å². The Morgan fingerprint density at radius 3 is 2.71 bits per heavy atom. The average Bonchev–Trinajstić information content (AvgIpc) is 2.25. The maximum Gasteiger partial charge on any atom is 0.0460 e. The molecule has 0 saturated carbocycles. The second-order valence-corrected chi connectivity index (χ2v) is 3.78. The quantitative estimate of drug-likeness (QED) is 0.314. The number of hydrogen-bond acceptors (Lipinski definition) is 3. The molecule has 14 heavy (non-hydrogen) atoms. The Balaban J connectivity index is 2.06. The van der Waals surface area contributed by atoms with Crippen molar-refractivity contribution < 1.29 is 5.11 Å². The fourth-order valence-electron chi connectivity index (χ4n) is 1.80. The third-order valence-electron chi connectivity index (χ3n) is 2.76. The molecule has 0 spiro atoms. The number of rotatable bonds is 5.